The van der Waals surface area contributed by atoms with E-state index in [1.165, 1.54) is 4.31 Å². The summed E-state index contributed by atoms with van der Waals surface area (Å²) in [7, 11) is -3.70. The van der Waals surface area contributed by atoms with E-state index in [1.807, 2.05) is 30.3 Å². The maximum absolute atomic E-state index is 13.6. The van der Waals surface area contributed by atoms with Gasteiger partial charge in [-0.15, -0.1) is 0 Å². The van der Waals surface area contributed by atoms with Crippen LogP contribution in [0.25, 0.3) is 11.3 Å². The molecule has 236 valence electrons. The number of carbonyl (C=O) groups is 1. The molecular weight excluding hydrogens is 578 g/mol. The number of nitrogens with zero attached hydrogens (tertiary/aromatic N) is 2. The number of amides is 1. The van der Waals surface area contributed by atoms with Crippen molar-refractivity contribution in [3.8, 4) is 22.8 Å². The van der Waals surface area contributed by atoms with Crippen molar-refractivity contribution in [3.63, 3.8) is 0 Å². The van der Waals surface area contributed by atoms with Crippen LogP contribution < -0.4 is 14.8 Å². The predicted octanol–water partition coefficient (Wildman–Crippen LogP) is 5.92. The normalized spacial score (nSPS) is 17.8. The maximum atomic E-state index is 13.6. The van der Waals surface area contributed by atoms with E-state index >= 15 is 0 Å². The fraction of sp³-hybridized carbons (Fsp3) is 0.471. The lowest BCUT2D eigenvalue weighted by Gasteiger charge is -2.22. The second-order valence-electron chi connectivity index (χ2n) is 11.6. The number of aliphatic hydroxyl groups excluding tert-OH is 1. The Kier molecular flexibility index (Phi) is 10.2. The minimum Gasteiger partial charge on any atom is -0.490 e. The number of rotatable bonds is 15. The van der Waals surface area contributed by atoms with Gasteiger partial charge in [0.15, 0.2) is 11.5 Å². The van der Waals surface area contributed by atoms with E-state index < -0.39 is 15.4 Å². The minimum atomic E-state index is -3.70. The first-order chi connectivity index (χ1) is 21.3. The zero-order valence-corrected chi connectivity index (χ0v) is 26.4. The molecule has 1 saturated heterocycles. The average Bonchev–Trinajstić information content (AvgIpc) is 3.71. The van der Waals surface area contributed by atoms with E-state index in [9.17, 15) is 18.3 Å². The van der Waals surface area contributed by atoms with Crippen molar-refractivity contribution in [3.05, 3.63) is 66.2 Å². The highest BCUT2D eigenvalue weighted by atomic mass is 32.2. The second kappa shape index (κ2) is 14.1. The van der Waals surface area contributed by atoms with Gasteiger partial charge >= 0.3 is 0 Å². The Bertz CT molecular complexity index is 1540. The molecule has 1 amide bonds. The van der Waals surface area contributed by atoms with E-state index in [2.05, 4.69) is 24.1 Å². The average molecular weight is 622 g/mol. The molecule has 0 unspecified atom stereocenters. The number of nitrogens with one attached hydrogen (secondary N) is 1. The Balaban J connectivity index is 1.30. The highest BCUT2D eigenvalue weighted by Gasteiger charge is 2.51. The molecule has 2 aromatic carbocycles. The molecule has 1 aliphatic carbocycles. The van der Waals surface area contributed by atoms with Crippen LogP contribution in [0.3, 0.4) is 0 Å². The van der Waals surface area contributed by atoms with Crippen LogP contribution in [0.15, 0.2) is 65.6 Å². The third-order valence-corrected chi connectivity index (χ3v) is 10.4. The summed E-state index contributed by atoms with van der Waals surface area (Å²) in [6.07, 6.45) is 6.82. The first-order valence-corrected chi connectivity index (χ1v) is 17.2. The molecule has 1 aromatic heterocycles. The van der Waals surface area contributed by atoms with Crippen molar-refractivity contribution in [2.45, 2.75) is 81.6 Å². The minimum absolute atomic E-state index is 0.119. The summed E-state index contributed by atoms with van der Waals surface area (Å²) in [4.78, 5) is 18.5. The summed E-state index contributed by atoms with van der Waals surface area (Å²) in [5.41, 5.74) is 1.60. The molecule has 2 heterocycles. The first kappa shape index (κ1) is 31.9. The monoisotopic (exact) mass is 621 g/mol. The smallest absolute Gasteiger partial charge is 0.243 e. The van der Waals surface area contributed by atoms with Gasteiger partial charge in [0, 0.05) is 18.2 Å². The number of unbranched alkanes of at least 4 members (excludes halogenated alkanes) is 2. The zero-order chi connectivity index (χ0) is 31.2. The van der Waals surface area contributed by atoms with Gasteiger partial charge in [-0.3, -0.25) is 4.79 Å². The van der Waals surface area contributed by atoms with Crippen molar-refractivity contribution < 1.29 is 27.8 Å². The molecule has 0 spiro atoms. The number of ether oxygens (including phenoxy) is 2. The molecule has 1 aliphatic heterocycles. The molecule has 3 aromatic rings. The van der Waals surface area contributed by atoms with Crippen LogP contribution in [-0.2, 0) is 20.2 Å². The van der Waals surface area contributed by atoms with Gasteiger partial charge in [-0.1, -0.05) is 51.0 Å². The van der Waals surface area contributed by atoms with Gasteiger partial charge in [0.2, 0.25) is 15.9 Å². The highest BCUT2D eigenvalue weighted by Crippen LogP contribution is 2.50. The van der Waals surface area contributed by atoms with Gasteiger partial charge < -0.3 is 19.9 Å². The summed E-state index contributed by atoms with van der Waals surface area (Å²) >= 11 is 0. The lowest BCUT2D eigenvalue weighted by Crippen LogP contribution is -2.37. The second-order valence-corrected chi connectivity index (χ2v) is 13.5. The molecule has 0 radical (unpaired) electrons. The van der Waals surface area contributed by atoms with Crippen molar-refractivity contribution in [2.75, 3.05) is 31.7 Å². The predicted molar refractivity (Wildman–Crippen MR) is 170 cm³/mol. The molecule has 2 aliphatic rings. The maximum Gasteiger partial charge on any atom is 0.243 e. The van der Waals surface area contributed by atoms with Crippen LogP contribution in [-0.4, -0.2) is 61.1 Å². The summed E-state index contributed by atoms with van der Waals surface area (Å²) in [6.45, 7) is 5.67. The zero-order valence-electron chi connectivity index (χ0n) is 25.6. The summed E-state index contributed by atoms with van der Waals surface area (Å²) in [5, 5.41) is 12.6. The van der Waals surface area contributed by atoms with Crippen LogP contribution in [0.4, 0.5) is 5.82 Å². The summed E-state index contributed by atoms with van der Waals surface area (Å²) < 4.78 is 39.7. The Morgan fingerprint density at radius 1 is 1.00 bits per heavy atom. The molecule has 5 rings (SSSR count). The number of pyridine rings is 1. The quantitative estimate of drug-likeness (QED) is 0.202. The van der Waals surface area contributed by atoms with Gasteiger partial charge in [0.25, 0.3) is 0 Å². The number of sulfonamides is 1. The Morgan fingerprint density at radius 3 is 2.36 bits per heavy atom. The Labute approximate surface area is 260 Å². The number of hydrogen-bond acceptors (Lipinski definition) is 7. The standard InChI is InChI=1S/C34H43N3O6S/c1-3-5-21-42-30-17-14-26(23-31(30)43-22-6-4-2)34(18-19-34)33(39)36-32-11-7-10-29(35-32)25-12-15-28(16-13-25)44(40,41)37-20-8-9-27(37)24-38/h7,10-17,23,27,38H,3-6,8-9,18-22,24H2,1-2H3,(H,35,36,39)/t27-/m1/s1. The molecule has 44 heavy (non-hydrogen) atoms. The van der Waals surface area contributed by atoms with E-state index in [0.29, 0.717) is 49.2 Å². The van der Waals surface area contributed by atoms with Crippen molar-refractivity contribution in [1.29, 1.82) is 0 Å². The van der Waals surface area contributed by atoms with E-state index in [0.717, 1.165) is 56.1 Å². The topological polar surface area (TPSA) is 118 Å². The number of carbonyl (C=O) groups excluding carboxylic acids is 1. The molecule has 1 atom stereocenters. The molecule has 10 heteroatoms. The lowest BCUT2D eigenvalue weighted by molar-refractivity contribution is -0.118. The lowest BCUT2D eigenvalue weighted by atomic mass is 9.94. The van der Waals surface area contributed by atoms with E-state index in [-0.39, 0.29) is 23.5 Å². The Hall–Kier alpha value is -3.47. The largest absolute Gasteiger partial charge is 0.490 e. The molecule has 1 saturated carbocycles. The summed E-state index contributed by atoms with van der Waals surface area (Å²) in [6, 6.07) is 17.4. The van der Waals surface area contributed by atoms with Crippen molar-refractivity contribution in [1.82, 2.24) is 9.29 Å². The molecule has 2 N–H and O–H groups in total. The van der Waals surface area contributed by atoms with Gasteiger partial charge in [-0.2, -0.15) is 4.31 Å². The van der Waals surface area contributed by atoms with Gasteiger partial charge in [0.1, 0.15) is 5.82 Å². The first-order valence-electron chi connectivity index (χ1n) is 15.7. The molecule has 0 bridgehead atoms. The highest BCUT2D eigenvalue weighted by molar-refractivity contribution is 7.89. The molecular formula is C34H43N3O6S. The van der Waals surface area contributed by atoms with Gasteiger partial charge in [-0.25, -0.2) is 13.4 Å². The van der Waals surface area contributed by atoms with Crippen LogP contribution in [0.5, 0.6) is 11.5 Å². The van der Waals surface area contributed by atoms with Crippen molar-refractivity contribution >= 4 is 21.7 Å². The van der Waals surface area contributed by atoms with Gasteiger partial charge in [0.05, 0.1) is 35.8 Å². The number of anilines is 1. The SMILES string of the molecule is CCCCOc1ccc(C2(C(=O)Nc3cccc(-c4ccc(S(=O)(=O)N5CCC[C@@H]5CO)cc4)n3)CC2)cc1OCCCC. The number of benzene rings is 2. The van der Waals surface area contributed by atoms with Crippen molar-refractivity contribution in [2.24, 2.45) is 0 Å². The van der Waals surface area contributed by atoms with E-state index in [1.54, 1.807) is 30.3 Å². The number of aliphatic hydroxyl groups is 1. The third-order valence-electron chi connectivity index (χ3n) is 8.47. The van der Waals surface area contributed by atoms with Crippen LogP contribution in [0.1, 0.15) is 70.8 Å². The molecule has 2 fully saturated rings. The fourth-order valence-electron chi connectivity index (χ4n) is 5.60. The van der Waals surface area contributed by atoms with Crippen LogP contribution in [0, 0.1) is 0 Å². The van der Waals surface area contributed by atoms with Crippen LogP contribution >= 0.6 is 0 Å². The molecule has 9 nitrogen and oxygen atoms in total. The number of aromatic nitrogens is 1. The third kappa shape index (κ3) is 6.92. The van der Waals surface area contributed by atoms with Crippen LogP contribution in [0.2, 0.25) is 0 Å². The van der Waals surface area contributed by atoms with E-state index in [4.69, 9.17) is 9.47 Å². The summed E-state index contributed by atoms with van der Waals surface area (Å²) in [5.74, 6) is 1.69. The fourth-order valence-corrected chi connectivity index (χ4v) is 7.29. The Morgan fingerprint density at radius 2 is 1.70 bits per heavy atom. The van der Waals surface area contributed by atoms with Gasteiger partial charge in [-0.05, 0) is 80.5 Å². The number of hydrogen-bond donors (Lipinski definition) is 2.